The zero-order valence-corrected chi connectivity index (χ0v) is 8.24. The smallest absolute Gasteiger partial charge is 0.363 e. The lowest BCUT2D eigenvalue weighted by Gasteiger charge is -1.97. The van der Waals surface area contributed by atoms with E-state index in [0.717, 1.165) is 10.6 Å². The number of rotatable bonds is 5. The summed E-state index contributed by atoms with van der Waals surface area (Å²) in [6.45, 7) is 0.160. The molecule has 1 rings (SSSR count). The van der Waals surface area contributed by atoms with Gasteiger partial charge in [0, 0.05) is 18.4 Å². The van der Waals surface area contributed by atoms with Crippen LogP contribution >= 0.6 is 11.8 Å². The number of hydrogen-bond acceptors (Lipinski definition) is 5. The van der Waals surface area contributed by atoms with Crippen LogP contribution in [-0.2, 0) is 0 Å². The zero-order chi connectivity index (χ0) is 10.4. The van der Waals surface area contributed by atoms with Crippen molar-refractivity contribution in [1.82, 2.24) is 4.98 Å². The number of nitrogens with zero attached hydrogens (tertiary/aromatic N) is 2. The normalized spacial score (nSPS) is 10.1. The highest BCUT2D eigenvalue weighted by molar-refractivity contribution is 7.99. The Hall–Kier alpha value is -1.14. The molecule has 0 radical (unpaired) electrons. The molecule has 1 aromatic heterocycles. The van der Waals surface area contributed by atoms with Crippen molar-refractivity contribution in [3.63, 3.8) is 0 Å². The van der Waals surface area contributed by atoms with Crippen molar-refractivity contribution in [1.29, 1.82) is 0 Å². The number of aliphatic hydroxyl groups excluding tert-OH is 1. The van der Waals surface area contributed by atoms with Gasteiger partial charge in [-0.1, -0.05) is 0 Å². The van der Waals surface area contributed by atoms with E-state index in [0.29, 0.717) is 6.42 Å². The Morgan fingerprint density at radius 2 is 2.36 bits per heavy atom. The van der Waals surface area contributed by atoms with Gasteiger partial charge in [-0.15, -0.1) is 11.8 Å². The van der Waals surface area contributed by atoms with Crippen LogP contribution in [0.25, 0.3) is 0 Å². The van der Waals surface area contributed by atoms with Crippen molar-refractivity contribution >= 4 is 17.6 Å². The number of thioether (sulfide) groups is 1. The van der Waals surface area contributed by atoms with Gasteiger partial charge in [-0.2, -0.15) is 0 Å². The Kier molecular flexibility index (Phi) is 4.34. The van der Waals surface area contributed by atoms with Gasteiger partial charge in [-0.25, -0.2) is 0 Å². The van der Waals surface area contributed by atoms with Gasteiger partial charge in [0.25, 0.3) is 0 Å². The maximum atomic E-state index is 10.3. The largest absolute Gasteiger partial charge is 0.396 e. The van der Waals surface area contributed by atoms with Gasteiger partial charge in [0.1, 0.15) is 0 Å². The van der Waals surface area contributed by atoms with Gasteiger partial charge in [-0.3, -0.25) is 0 Å². The maximum absolute atomic E-state index is 10.3. The molecule has 1 N–H and O–H groups in total. The van der Waals surface area contributed by atoms with E-state index in [4.69, 9.17) is 5.11 Å². The maximum Gasteiger partial charge on any atom is 0.363 e. The van der Waals surface area contributed by atoms with Crippen molar-refractivity contribution < 1.29 is 10.0 Å². The Morgan fingerprint density at radius 1 is 1.57 bits per heavy atom. The molecular weight excluding hydrogens is 204 g/mol. The van der Waals surface area contributed by atoms with Crippen LogP contribution in [0.4, 0.5) is 5.82 Å². The SMILES string of the molecule is O=[N+]([O-])c1ccc(SCCCO)cn1. The van der Waals surface area contributed by atoms with Crippen LogP contribution in [0.15, 0.2) is 23.2 Å². The molecule has 0 aliphatic heterocycles. The molecule has 0 bridgehead atoms. The molecule has 1 aromatic rings. The van der Waals surface area contributed by atoms with Crippen molar-refractivity contribution in [3.8, 4) is 0 Å². The number of hydrogen-bond donors (Lipinski definition) is 1. The van der Waals surface area contributed by atoms with Gasteiger partial charge in [0.2, 0.25) is 0 Å². The van der Waals surface area contributed by atoms with Crippen LogP contribution in [0.5, 0.6) is 0 Å². The molecular formula is C8H10N2O3S. The highest BCUT2D eigenvalue weighted by Crippen LogP contribution is 2.19. The van der Waals surface area contributed by atoms with E-state index in [1.807, 2.05) is 0 Å². The second kappa shape index (κ2) is 5.56. The summed E-state index contributed by atoms with van der Waals surface area (Å²) in [5, 5.41) is 18.8. The zero-order valence-electron chi connectivity index (χ0n) is 7.42. The first-order chi connectivity index (χ1) is 6.74. The molecule has 5 nitrogen and oxygen atoms in total. The minimum Gasteiger partial charge on any atom is -0.396 e. The molecule has 76 valence electrons. The summed E-state index contributed by atoms with van der Waals surface area (Å²) in [6.07, 6.45) is 2.18. The highest BCUT2D eigenvalue weighted by atomic mass is 32.2. The summed E-state index contributed by atoms with van der Waals surface area (Å²) in [5.74, 6) is 0.646. The third kappa shape index (κ3) is 3.31. The quantitative estimate of drug-likeness (QED) is 0.347. The fraction of sp³-hybridized carbons (Fsp3) is 0.375. The number of nitro groups is 1. The number of aromatic nitrogens is 1. The number of pyridine rings is 1. The Labute approximate surface area is 85.3 Å². The minimum absolute atomic E-state index is 0.142. The van der Waals surface area contributed by atoms with Crippen molar-refractivity contribution in [3.05, 3.63) is 28.4 Å². The van der Waals surface area contributed by atoms with E-state index in [-0.39, 0.29) is 12.4 Å². The summed E-state index contributed by atoms with van der Waals surface area (Å²) in [6, 6.07) is 3.04. The van der Waals surface area contributed by atoms with Crippen molar-refractivity contribution in [2.24, 2.45) is 0 Å². The third-order valence-electron chi connectivity index (χ3n) is 1.48. The van der Waals surface area contributed by atoms with E-state index in [1.165, 1.54) is 24.0 Å². The van der Waals surface area contributed by atoms with Crippen molar-refractivity contribution in [2.75, 3.05) is 12.4 Å². The van der Waals surface area contributed by atoms with Crippen molar-refractivity contribution in [2.45, 2.75) is 11.3 Å². The second-order valence-electron chi connectivity index (χ2n) is 2.53. The molecule has 6 heteroatoms. The molecule has 0 saturated heterocycles. The minimum atomic E-state index is -0.526. The molecule has 0 atom stereocenters. The predicted octanol–water partition coefficient (Wildman–Crippen LogP) is 1.46. The first-order valence-corrected chi connectivity index (χ1v) is 5.06. The average Bonchev–Trinajstić information content (AvgIpc) is 2.19. The first-order valence-electron chi connectivity index (χ1n) is 4.08. The molecule has 1 heterocycles. The molecule has 0 fully saturated rings. The third-order valence-corrected chi connectivity index (χ3v) is 2.55. The fourth-order valence-electron chi connectivity index (χ4n) is 0.820. The highest BCUT2D eigenvalue weighted by Gasteiger charge is 2.05. The number of aliphatic hydroxyl groups is 1. The fourth-order valence-corrected chi connectivity index (χ4v) is 1.62. The predicted molar refractivity (Wildman–Crippen MR) is 53.3 cm³/mol. The van der Waals surface area contributed by atoms with Gasteiger partial charge in [-0.05, 0) is 22.4 Å². The molecule has 0 aliphatic rings. The van der Waals surface area contributed by atoms with Gasteiger partial charge in [0.05, 0.1) is 4.90 Å². The van der Waals surface area contributed by atoms with Crippen LogP contribution in [0.2, 0.25) is 0 Å². The van der Waals surface area contributed by atoms with Crippen LogP contribution in [0, 0.1) is 10.1 Å². The lowest BCUT2D eigenvalue weighted by molar-refractivity contribution is -0.389. The summed E-state index contributed by atoms with van der Waals surface area (Å²) >= 11 is 1.52. The second-order valence-corrected chi connectivity index (χ2v) is 3.70. The van der Waals surface area contributed by atoms with E-state index in [9.17, 15) is 10.1 Å². The molecule has 0 aromatic carbocycles. The summed E-state index contributed by atoms with van der Waals surface area (Å²) in [5.41, 5.74) is 0. The van der Waals surface area contributed by atoms with E-state index in [2.05, 4.69) is 4.98 Å². The van der Waals surface area contributed by atoms with E-state index >= 15 is 0 Å². The molecule has 0 unspecified atom stereocenters. The summed E-state index contributed by atoms with van der Waals surface area (Å²) in [4.78, 5) is 14.3. The van der Waals surface area contributed by atoms with E-state index < -0.39 is 4.92 Å². The lowest BCUT2D eigenvalue weighted by atomic mass is 10.5. The van der Waals surface area contributed by atoms with E-state index in [1.54, 1.807) is 6.07 Å². The standard InChI is InChI=1S/C8H10N2O3S/c11-4-1-5-14-7-2-3-8(9-6-7)10(12)13/h2-3,6,11H,1,4-5H2. The Bertz CT molecular complexity index is 302. The van der Waals surface area contributed by atoms with Gasteiger partial charge >= 0.3 is 5.82 Å². The van der Waals surface area contributed by atoms with Crippen LogP contribution in [0.1, 0.15) is 6.42 Å². The lowest BCUT2D eigenvalue weighted by Crippen LogP contribution is -1.91. The monoisotopic (exact) mass is 214 g/mol. The molecule has 0 amide bonds. The molecule has 0 aliphatic carbocycles. The molecule has 14 heavy (non-hydrogen) atoms. The van der Waals surface area contributed by atoms with Gasteiger partial charge in [0.15, 0.2) is 6.20 Å². The summed E-state index contributed by atoms with van der Waals surface area (Å²) in [7, 11) is 0. The van der Waals surface area contributed by atoms with Crippen LogP contribution in [-0.4, -0.2) is 27.4 Å². The van der Waals surface area contributed by atoms with Crippen LogP contribution in [0.3, 0.4) is 0 Å². The Morgan fingerprint density at radius 3 is 2.86 bits per heavy atom. The molecule has 0 spiro atoms. The summed E-state index contributed by atoms with van der Waals surface area (Å²) < 4.78 is 0. The Balaban J connectivity index is 2.51. The van der Waals surface area contributed by atoms with Crippen LogP contribution < -0.4 is 0 Å². The topological polar surface area (TPSA) is 76.3 Å². The average molecular weight is 214 g/mol. The molecule has 0 saturated carbocycles. The van der Waals surface area contributed by atoms with Gasteiger partial charge < -0.3 is 15.2 Å². The first kappa shape index (κ1) is 10.9.